The number of halogens is 4. The molecule has 0 radical (unpaired) electrons. The summed E-state index contributed by atoms with van der Waals surface area (Å²) in [5, 5.41) is 5.74. The highest BCUT2D eigenvalue weighted by molar-refractivity contribution is 6.14. The van der Waals surface area contributed by atoms with E-state index >= 15 is 0 Å². The van der Waals surface area contributed by atoms with E-state index in [2.05, 4.69) is 10.6 Å². The van der Waals surface area contributed by atoms with Crippen LogP contribution >= 0.6 is 0 Å². The number of anilines is 1. The minimum Gasteiger partial charge on any atom is -0.349 e. The number of amides is 3. The molecular formula is C33H29F4N3O3. The molecule has 1 aliphatic heterocycles. The third kappa shape index (κ3) is 7.38. The number of carbonyl (C=O) groups is 3. The van der Waals surface area contributed by atoms with Crippen LogP contribution in [0.5, 0.6) is 0 Å². The predicted octanol–water partition coefficient (Wildman–Crippen LogP) is 6.89. The summed E-state index contributed by atoms with van der Waals surface area (Å²) in [6.45, 7) is 1.41. The molecule has 3 aromatic rings. The minimum absolute atomic E-state index is 0.0999. The number of nitrogens with zero attached hydrogens (tertiary/aromatic N) is 1. The zero-order valence-electron chi connectivity index (χ0n) is 23.1. The highest BCUT2D eigenvalue weighted by atomic mass is 19.2. The lowest BCUT2D eigenvalue weighted by Crippen LogP contribution is -2.39. The molecular weight excluding hydrogens is 562 g/mol. The first-order valence-corrected chi connectivity index (χ1v) is 14.0. The van der Waals surface area contributed by atoms with Crippen LogP contribution in [0.1, 0.15) is 53.6 Å². The van der Waals surface area contributed by atoms with Gasteiger partial charge in [0.05, 0.1) is 0 Å². The SMILES string of the molecule is O=C1/C(=C/c2ccc(F)c(F)c2)CC(NC(=O)c2ccc(NC(=O)N3CCCCC3)cc2)C/C1=C\c1ccc(F)c(F)c1. The molecule has 0 spiro atoms. The summed E-state index contributed by atoms with van der Waals surface area (Å²) < 4.78 is 54.6. The summed E-state index contributed by atoms with van der Waals surface area (Å²) in [7, 11) is 0. The molecule has 2 N–H and O–H groups in total. The van der Waals surface area contributed by atoms with Crippen LogP contribution in [0.15, 0.2) is 71.8 Å². The molecule has 5 rings (SSSR count). The third-order valence-corrected chi connectivity index (χ3v) is 7.46. The largest absolute Gasteiger partial charge is 0.349 e. The summed E-state index contributed by atoms with van der Waals surface area (Å²) in [6.07, 6.45) is 6.08. The monoisotopic (exact) mass is 591 g/mol. The van der Waals surface area contributed by atoms with Gasteiger partial charge >= 0.3 is 6.03 Å². The van der Waals surface area contributed by atoms with Gasteiger partial charge in [0.25, 0.3) is 5.91 Å². The maximum atomic E-state index is 13.8. The molecule has 10 heteroatoms. The molecule has 1 heterocycles. The van der Waals surface area contributed by atoms with Crippen LogP contribution in [0, 0.1) is 23.3 Å². The van der Waals surface area contributed by atoms with Crippen LogP contribution in [0.4, 0.5) is 28.0 Å². The number of hydrogen-bond donors (Lipinski definition) is 2. The molecule has 0 bridgehead atoms. The predicted molar refractivity (Wildman–Crippen MR) is 155 cm³/mol. The van der Waals surface area contributed by atoms with Crippen molar-refractivity contribution in [3.8, 4) is 0 Å². The van der Waals surface area contributed by atoms with Crippen molar-refractivity contribution in [3.05, 3.63) is 112 Å². The van der Waals surface area contributed by atoms with E-state index in [4.69, 9.17) is 0 Å². The van der Waals surface area contributed by atoms with Gasteiger partial charge in [-0.2, -0.15) is 0 Å². The zero-order chi connectivity index (χ0) is 30.5. The fourth-order valence-corrected chi connectivity index (χ4v) is 5.23. The highest BCUT2D eigenvalue weighted by Gasteiger charge is 2.29. The van der Waals surface area contributed by atoms with Crippen molar-refractivity contribution in [1.82, 2.24) is 10.2 Å². The minimum atomic E-state index is -1.07. The molecule has 222 valence electrons. The lowest BCUT2D eigenvalue weighted by Gasteiger charge is -2.27. The van der Waals surface area contributed by atoms with Gasteiger partial charge in [-0.1, -0.05) is 12.1 Å². The first-order chi connectivity index (χ1) is 20.7. The average molecular weight is 592 g/mol. The fraction of sp³-hybridized carbons (Fsp3) is 0.242. The van der Waals surface area contributed by atoms with Crippen LogP contribution in [-0.4, -0.2) is 41.8 Å². The number of piperidine rings is 1. The van der Waals surface area contributed by atoms with Crippen molar-refractivity contribution < 1.29 is 31.9 Å². The van der Waals surface area contributed by atoms with Gasteiger partial charge in [0.1, 0.15) is 0 Å². The molecule has 1 aliphatic carbocycles. The second kappa shape index (κ2) is 13.1. The van der Waals surface area contributed by atoms with Crippen molar-refractivity contribution in [1.29, 1.82) is 0 Å². The van der Waals surface area contributed by atoms with E-state index in [0.717, 1.165) is 43.5 Å². The molecule has 6 nitrogen and oxygen atoms in total. The molecule has 3 amide bonds. The van der Waals surface area contributed by atoms with E-state index < -0.39 is 41.0 Å². The van der Waals surface area contributed by atoms with E-state index in [-0.39, 0.29) is 41.1 Å². The van der Waals surface area contributed by atoms with Crippen LogP contribution in [-0.2, 0) is 4.79 Å². The van der Waals surface area contributed by atoms with Crippen molar-refractivity contribution in [2.75, 3.05) is 18.4 Å². The Labute approximate surface area is 246 Å². The lowest BCUT2D eigenvalue weighted by atomic mass is 9.83. The number of Topliss-reactive ketones (excluding diaryl/α,β-unsaturated/α-hetero) is 1. The Morgan fingerprint density at radius 3 is 1.77 bits per heavy atom. The number of urea groups is 1. The quantitative estimate of drug-likeness (QED) is 0.251. The Balaban J connectivity index is 1.34. The topological polar surface area (TPSA) is 78.5 Å². The number of rotatable bonds is 5. The first-order valence-electron chi connectivity index (χ1n) is 14.0. The van der Waals surface area contributed by atoms with Gasteiger partial charge in [-0.25, -0.2) is 22.4 Å². The van der Waals surface area contributed by atoms with E-state index in [9.17, 15) is 31.9 Å². The maximum absolute atomic E-state index is 13.8. The molecule has 3 aromatic carbocycles. The average Bonchev–Trinajstić information content (AvgIpc) is 3.00. The Kier molecular flexibility index (Phi) is 9.04. The second-order valence-electron chi connectivity index (χ2n) is 10.6. The summed E-state index contributed by atoms with van der Waals surface area (Å²) in [6, 6.07) is 12.1. The van der Waals surface area contributed by atoms with E-state index in [1.54, 1.807) is 29.2 Å². The van der Waals surface area contributed by atoms with Crippen molar-refractivity contribution in [2.24, 2.45) is 0 Å². The van der Waals surface area contributed by atoms with Crippen molar-refractivity contribution in [3.63, 3.8) is 0 Å². The first kappa shape index (κ1) is 29.8. The molecule has 1 saturated heterocycles. The van der Waals surface area contributed by atoms with Crippen molar-refractivity contribution in [2.45, 2.75) is 38.1 Å². The third-order valence-electron chi connectivity index (χ3n) is 7.46. The fourth-order valence-electron chi connectivity index (χ4n) is 5.23. The van der Waals surface area contributed by atoms with Gasteiger partial charge in [0, 0.05) is 41.5 Å². The van der Waals surface area contributed by atoms with Gasteiger partial charge in [0.2, 0.25) is 0 Å². The van der Waals surface area contributed by atoms with Gasteiger partial charge in [-0.3, -0.25) is 9.59 Å². The number of hydrogen-bond acceptors (Lipinski definition) is 3. The normalized spacial score (nSPS) is 19.0. The zero-order valence-corrected chi connectivity index (χ0v) is 23.1. The number of nitrogens with one attached hydrogen (secondary N) is 2. The van der Waals surface area contributed by atoms with Crippen LogP contribution in [0.2, 0.25) is 0 Å². The summed E-state index contributed by atoms with van der Waals surface area (Å²) in [5.41, 5.74) is 1.83. The van der Waals surface area contributed by atoms with Crippen molar-refractivity contribution >= 4 is 35.6 Å². The smallest absolute Gasteiger partial charge is 0.321 e. The Morgan fingerprint density at radius 2 is 1.26 bits per heavy atom. The van der Waals surface area contributed by atoms with E-state index in [1.165, 1.54) is 24.3 Å². The highest BCUT2D eigenvalue weighted by Crippen LogP contribution is 2.30. The number of likely N-dealkylation sites (tertiary alicyclic amines) is 1. The van der Waals surface area contributed by atoms with Crippen LogP contribution in [0.25, 0.3) is 12.2 Å². The summed E-state index contributed by atoms with van der Waals surface area (Å²) >= 11 is 0. The van der Waals surface area contributed by atoms with E-state index in [1.807, 2.05) is 0 Å². The van der Waals surface area contributed by atoms with Crippen LogP contribution in [0.3, 0.4) is 0 Å². The molecule has 0 unspecified atom stereocenters. The Bertz CT molecular complexity index is 1540. The summed E-state index contributed by atoms with van der Waals surface area (Å²) in [4.78, 5) is 40.8. The number of benzene rings is 3. The molecule has 2 aliphatic rings. The van der Waals surface area contributed by atoms with Gasteiger partial charge in [-0.15, -0.1) is 0 Å². The Morgan fingerprint density at radius 1 is 0.721 bits per heavy atom. The van der Waals surface area contributed by atoms with Crippen LogP contribution < -0.4 is 10.6 Å². The van der Waals surface area contributed by atoms with E-state index in [0.29, 0.717) is 24.3 Å². The molecule has 0 aromatic heterocycles. The molecule has 1 saturated carbocycles. The number of carbonyl (C=O) groups excluding carboxylic acids is 3. The lowest BCUT2D eigenvalue weighted by molar-refractivity contribution is -0.113. The standard InChI is InChI=1S/C33H29F4N3O3/c34-27-10-4-20(16-29(27)36)14-23-18-26(19-24(31(23)41)15-21-5-11-28(35)30(37)17-21)38-32(42)22-6-8-25(9-7-22)39-33(43)40-12-2-1-3-13-40/h4-11,14-17,26H,1-3,12-13,18-19H2,(H,38,42)(H,39,43)/b23-14+,24-15+. The second-order valence-corrected chi connectivity index (χ2v) is 10.6. The number of ketones is 1. The molecule has 0 atom stereocenters. The molecule has 2 fully saturated rings. The molecule has 43 heavy (non-hydrogen) atoms. The van der Waals surface area contributed by atoms with Gasteiger partial charge < -0.3 is 15.5 Å². The maximum Gasteiger partial charge on any atom is 0.321 e. The van der Waals surface area contributed by atoms with Gasteiger partial charge in [-0.05, 0) is 104 Å². The van der Waals surface area contributed by atoms with Gasteiger partial charge in [0.15, 0.2) is 29.1 Å². The summed E-state index contributed by atoms with van der Waals surface area (Å²) in [5.74, 6) is -5.04. The Hall–Kier alpha value is -4.73.